The molecule has 0 N–H and O–H groups in total. The van der Waals surface area contributed by atoms with Crippen LogP contribution in [0.3, 0.4) is 0 Å². The average Bonchev–Trinajstić information content (AvgIpc) is 1.73. The summed E-state index contributed by atoms with van der Waals surface area (Å²) >= 11 is 0. The molecule has 0 nitrogen and oxygen atoms in total. The molecule has 86 heavy (non-hydrogen) atoms. The van der Waals surface area contributed by atoms with Crippen molar-refractivity contribution in [2.45, 2.75) is 27.7 Å². The monoisotopic (exact) mass is 1220 g/mol. The van der Waals surface area contributed by atoms with E-state index in [1.165, 1.54) is 143 Å². The van der Waals surface area contributed by atoms with E-state index in [0.717, 1.165) is 0 Å². The molecular formula is C81H63Cl3SiTi. The van der Waals surface area contributed by atoms with E-state index in [1.807, 2.05) is 0 Å². The molecule has 13 aromatic carbocycles. The van der Waals surface area contributed by atoms with Crippen LogP contribution >= 0.6 is 0 Å². The van der Waals surface area contributed by atoms with Gasteiger partial charge in [-0.05, 0) is 116 Å². The van der Waals surface area contributed by atoms with Crippen LogP contribution in [0.4, 0.5) is 0 Å². The van der Waals surface area contributed by atoms with Crippen molar-refractivity contribution in [3.05, 3.63) is 332 Å². The third-order valence-electron chi connectivity index (χ3n) is 17.3. The molecule has 416 valence electrons. The Morgan fingerprint density at radius 3 is 0.581 bits per heavy atom. The SMILES string of the molecule is Cc1c(C)c(C)[c-]([Si](c2ccc(-c3ccccc3)c(-c3ccccc3)c2-c2ccccc2)(c2ccc(-c3ccccc3)c(-c3ccccc3)c2-c2ccccc2)c2ccc(-c3ccccc3)c(-c3ccccc3)c2-c2ccccc2)c1C.[Cl-].[Cl-].[Cl-].[Ti+4]. The molecule has 0 radical (unpaired) electrons. The van der Waals surface area contributed by atoms with Gasteiger partial charge in [-0.15, -0.1) is 5.19 Å². The molecule has 0 saturated heterocycles. The van der Waals surface area contributed by atoms with Crippen LogP contribution in [0.25, 0.3) is 100 Å². The maximum absolute atomic E-state index is 3.95. The fraction of sp³-hybridized carbons (Fsp3) is 0.0494. The zero-order chi connectivity index (χ0) is 55.6. The maximum atomic E-state index is 2.59. The minimum absolute atomic E-state index is 0. The first-order valence-electron chi connectivity index (χ1n) is 28.7. The van der Waals surface area contributed by atoms with Gasteiger partial charge in [0.2, 0.25) is 0 Å². The summed E-state index contributed by atoms with van der Waals surface area (Å²) in [5.41, 5.74) is 26.9. The normalized spacial score (nSPS) is 10.9. The summed E-state index contributed by atoms with van der Waals surface area (Å²) in [7, 11) is -3.95. The predicted molar refractivity (Wildman–Crippen MR) is 354 cm³/mol. The summed E-state index contributed by atoms with van der Waals surface area (Å²) in [6.07, 6.45) is 0. The maximum Gasteiger partial charge on any atom is 4.00 e. The Morgan fingerprint density at radius 2 is 0.384 bits per heavy atom. The smallest absolute Gasteiger partial charge is 1.00 e. The van der Waals surface area contributed by atoms with Gasteiger partial charge in [-0.1, -0.05) is 337 Å². The van der Waals surface area contributed by atoms with Crippen LogP contribution in [0.15, 0.2) is 309 Å². The van der Waals surface area contributed by atoms with Gasteiger partial charge in [-0.2, -0.15) is 22.3 Å². The van der Waals surface area contributed by atoms with E-state index < -0.39 is 8.07 Å². The molecule has 0 heterocycles. The Morgan fingerprint density at radius 1 is 0.209 bits per heavy atom. The van der Waals surface area contributed by atoms with Crippen LogP contribution in [0.5, 0.6) is 0 Å². The Labute approximate surface area is 542 Å². The Balaban J connectivity index is 0.00000221. The van der Waals surface area contributed by atoms with Gasteiger partial charge in [-0.3, -0.25) is 0 Å². The molecule has 0 fully saturated rings. The van der Waals surface area contributed by atoms with E-state index in [9.17, 15) is 0 Å². The van der Waals surface area contributed by atoms with Crippen molar-refractivity contribution in [1.29, 1.82) is 0 Å². The van der Waals surface area contributed by atoms with Gasteiger partial charge in [-0.25, -0.2) is 0 Å². The molecule has 0 unspecified atom stereocenters. The van der Waals surface area contributed by atoms with Crippen molar-refractivity contribution < 1.29 is 58.9 Å². The second kappa shape index (κ2) is 27.4. The van der Waals surface area contributed by atoms with E-state index >= 15 is 0 Å². The summed E-state index contributed by atoms with van der Waals surface area (Å²) < 4.78 is 0. The van der Waals surface area contributed by atoms with Crippen LogP contribution in [0.1, 0.15) is 22.3 Å². The van der Waals surface area contributed by atoms with Crippen molar-refractivity contribution >= 4 is 28.8 Å². The largest absolute Gasteiger partial charge is 4.00 e. The van der Waals surface area contributed by atoms with Gasteiger partial charge in [0, 0.05) is 0 Å². The van der Waals surface area contributed by atoms with Crippen LogP contribution in [-0.2, 0) is 21.7 Å². The van der Waals surface area contributed by atoms with Gasteiger partial charge in [0.05, 0.1) is 0 Å². The number of benzene rings is 12. The van der Waals surface area contributed by atoms with Crippen LogP contribution < -0.4 is 58.0 Å². The Bertz CT molecular complexity index is 3930. The molecule has 0 saturated carbocycles. The minimum atomic E-state index is -3.95. The number of hydrogen-bond donors (Lipinski definition) is 0. The molecule has 13 rings (SSSR count). The second-order valence-corrected chi connectivity index (χ2v) is 25.3. The molecule has 0 amide bonds. The van der Waals surface area contributed by atoms with E-state index in [2.05, 4.69) is 337 Å². The number of halogens is 3. The van der Waals surface area contributed by atoms with E-state index in [1.54, 1.807) is 0 Å². The molecule has 0 aliphatic rings. The minimum Gasteiger partial charge on any atom is -1.00 e. The Kier molecular flexibility index (Phi) is 19.9. The summed E-state index contributed by atoms with van der Waals surface area (Å²) in [6.45, 7) is 9.60. The molecular weight excluding hydrogens is 1160 g/mol. The number of rotatable bonds is 13. The molecule has 0 aliphatic carbocycles. The first kappa shape index (κ1) is 62.3. The number of hydrogen-bond acceptors (Lipinski definition) is 0. The molecule has 0 spiro atoms. The first-order valence-corrected chi connectivity index (χ1v) is 30.7. The topological polar surface area (TPSA) is 0 Å². The average molecular weight is 1220 g/mol. The summed E-state index contributed by atoms with van der Waals surface area (Å²) in [4.78, 5) is 0. The van der Waals surface area contributed by atoms with Gasteiger partial charge in [0.1, 0.15) is 8.07 Å². The van der Waals surface area contributed by atoms with Crippen LogP contribution in [0.2, 0.25) is 0 Å². The molecule has 0 bridgehead atoms. The van der Waals surface area contributed by atoms with Crippen molar-refractivity contribution in [2.75, 3.05) is 0 Å². The van der Waals surface area contributed by atoms with Crippen LogP contribution in [-0.4, -0.2) is 8.07 Å². The van der Waals surface area contributed by atoms with E-state index in [0.29, 0.717) is 0 Å². The summed E-state index contributed by atoms with van der Waals surface area (Å²) in [5, 5.41) is 5.43. The third kappa shape index (κ3) is 11.2. The molecule has 0 atom stereocenters. The zero-order valence-electron chi connectivity index (χ0n) is 48.6. The fourth-order valence-corrected chi connectivity index (χ4v) is 19.5. The van der Waals surface area contributed by atoms with Crippen molar-refractivity contribution in [2.24, 2.45) is 0 Å². The predicted octanol–water partition coefficient (Wildman–Crippen LogP) is 10.0. The molecule has 13 aromatic rings. The third-order valence-corrected chi connectivity index (χ3v) is 22.4. The quantitative estimate of drug-likeness (QED) is 0.0614. The van der Waals surface area contributed by atoms with Crippen molar-refractivity contribution in [1.82, 2.24) is 0 Å². The van der Waals surface area contributed by atoms with Crippen LogP contribution in [0, 0.1) is 27.7 Å². The standard InChI is InChI=1S/C81H63Si.3ClH.Ti/c1-56-57(2)59(4)81(58(56)3)82(72-53-50-69(60-32-14-5-15-33-60)75(63-38-20-8-21-39-63)78(72)66-44-26-11-27-45-66,73-54-51-70(61-34-16-6-17-35-61)76(64-40-22-9-23-41-64)79(73)67-46-28-12-29-47-67)74-55-52-71(62-36-18-7-19-37-62)77(65-42-24-10-25-43-65)80(74)68-48-30-13-31-49-68;;;;/h5-55H,1-4H3;3*1H;/q-1;;;;+4/p-3. The van der Waals surface area contributed by atoms with Gasteiger partial charge < -0.3 is 37.2 Å². The van der Waals surface area contributed by atoms with Crippen molar-refractivity contribution in [3.8, 4) is 100 Å². The van der Waals surface area contributed by atoms with E-state index in [-0.39, 0.29) is 58.9 Å². The van der Waals surface area contributed by atoms with Gasteiger partial charge >= 0.3 is 21.7 Å². The van der Waals surface area contributed by atoms with E-state index in [4.69, 9.17) is 0 Å². The van der Waals surface area contributed by atoms with Crippen molar-refractivity contribution in [3.63, 3.8) is 0 Å². The molecule has 5 heteroatoms. The first-order chi connectivity index (χ1) is 40.4. The second-order valence-electron chi connectivity index (χ2n) is 21.7. The summed E-state index contributed by atoms with van der Waals surface area (Å²) in [6, 6.07) is 116. The fourth-order valence-electron chi connectivity index (χ4n) is 13.4. The molecule has 0 aromatic heterocycles. The molecule has 0 aliphatic heterocycles. The summed E-state index contributed by atoms with van der Waals surface area (Å²) in [5.74, 6) is 0. The zero-order valence-corrected chi connectivity index (χ0v) is 53.4. The van der Waals surface area contributed by atoms with Gasteiger partial charge in [0.25, 0.3) is 0 Å². The Hall–Kier alpha value is -8.21. The van der Waals surface area contributed by atoms with Gasteiger partial charge in [0.15, 0.2) is 0 Å².